The summed E-state index contributed by atoms with van der Waals surface area (Å²) >= 11 is 0. The molecule has 0 heterocycles. The third-order valence-corrected chi connectivity index (χ3v) is 4.62. The van der Waals surface area contributed by atoms with Gasteiger partial charge in [-0.2, -0.15) is 0 Å². The van der Waals surface area contributed by atoms with Gasteiger partial charge >= 0.3 is 5.97 Å². The maximum atomic E-state index is 13.1. The van der Waals surface area contributed by atoms with E-state index in [4.69, 9.17) is 9.30 Å². The first-order valence-corrected chi connectivity index (χ1v) is 9.11. The first kappa shape index (κ1) is 20.6. The summed E-state index contributed by atoms with van der Waals surface area (Å²) in [6.45, 7) is 8.03. The summed E-state index contributed by atoms with van der Waals surface area (Å²) in [5, 5.41) is 0. The Bertz CT molecular complexity index is 568. The van der Waals surface area contributed by atoms with Crippen molar-refractivity contribution in [3.63, 3.8) is 0 Å². The first-order chi connectivity index (χ1) is 11.5. The summed E-state index contributed by atoms with van der Waals surface area (Å²) in [6.07, 6.45) is 4.08. The summed E-state index contributed by atoms with van der Waals surface area (Å²) in [4.78, 5) is 25.5. The SMILES string of the molecule is CCOC(=O)C(C(=O)c1c(C)cc(C)cc1C)C1CCCC1.O=[PH3]. The monoisotopic (exact) mass is 352 g/mol. The normalized spacial score (nSPS) is 15.5. The van der Waals surface area contributed by atoms with Gasteiger partial charge in [0.25, 0.3) is 0 Å². The molecular formula is C19H29O4P. The minimum atomic E-state index is -0.637. The summed E-state index contributed by atoms with van der Waals surface area (Å²) in [7, 11) is 0.611. The highest BCUT2D eigenvalue weighted by molar-refractivity contribution is 7.00. The Kier molecular flexibility index (Phi) is 8.41. The van der Waals surface area contributed by atoms with Crippen molar-refractivity contribution in [2.45, 2.75) is 53.4 Å². The van der Waals surface area contributed by atoms with Gasteiger partial charge in [0.15, 0.2) is 5.78 Å². The van der Waals surface area contributed by atoms with Crippen LogP contribution in [0, 0.1) is 32.6 Å². The molecule has 2 atom stereocenters. The van der Waals surface area contributed by atoms with Crippen LogP contribution >= 0.6 is 9.12 Å². The molecule has 1 aromatic rings. The Hall–Kier alpha value is -1.41. The molecule has 1 fully saturated rings. The Morgan fingerprint density at radius 3 is 2.08 bits per heavy atom. The highest BCUT2D eigenvalue weighted by atomic mass is 31.0. The van der Waals surface area contributed by atoms with E-state index in [1.54, 1.807) is 6.92 Å². The van der Waals surface area contributed by atoms with Gasteiger partial charge in [-0.3, -0.25) is 9.59 Å². The number of aryl methyl sites for hydroxylation is 3. The lowest BCUT2D eigenvalue weighted by Gasteiger charge is -2.22. The molecule has 24 heavy (non-hydrogen) atoms. The van der Waals surface area contributed by atoms with Crippen LogP contribution in [0.15, 0.2) is 12.1 Å². The molecular weight excluding hydrogens is 323 g/mol. The highest BCUT2D eigenvalue weighted by Crippen LogP contribution is 2.35. The molecule has 0 saturated heterocycles. The average Bonchev–Trinajstić information content (AvgIpc) is 3.02. The molecule has 0 N–H and O–H groups in total. The van der Waals surface area contributed by atoms with Gasteiger partial charge in [-0.05, 0) is 57.6 Å². The molecule has 0 aliphatic heterocycles. The fourth-order valence-electron chi connectivity index (χ4n) is 3.76. The highest BCUT2D eigenvalue weighted by Gasteiger charge is 2.38. The molecule has 0 radical (unpaired) electrons. The van der Waals surface area contributed by atoms with Gasteiger partial charge in [-0.15, -0.1) is 0 Å². The lowest BCUT2D eigenvalue weighted by molar-refractivity contribution is -0.147. The van der Waals surface area contributed by atoms with Gasteiger partial charge in [0.1, 0.15) is 5.92 Å². The van der Waals surface area contributed by atoms with Crippen molar-refractivity contribution in [3.05, 3.63) is 34.4 Å². The Morgan fingerprint density at radius 2 is 1.62 bits per heavy atom. The second-order valence-electron chi connectivity index (χ2n) is 6.41. The van der Waals surface area contributed by atoms with E-state index in [2.05, 4.69) is 0 Å². The maximum absolute atomic E-state index is 13.1. The minimum absolute atomic E-state index is 0.0552. The number of carbonyl (C=O) groups excluding carboxylic acids is 2. The van der Waals surface area contributed by atoms with Crippen LogP contribution in [0.2, 0.25) is 0 Å². The molecule has 1 aromatic carbocycles. The molecule has 0 amide bonds. The summed E-state index contributed by atoms with van der Waals surface area (Å²) in [5.41, 5.74) is 3.75. The van der Waals surface area contributed by atoms with Crippen LogP contribution in [-0.4, -0.2) is 18.4 Å². The molecule has 2 rings (SSSR count). The van der Waals surface area contributed by atoms with Crippen molar-refractivity contribution in [2.75, 3.05) is 6.61 Å². The number of hydrogen-bond acceptors (Lipinski definition) is 4. The van der Waals surface area contributed by atoms with E-state index in [-0.39, 0.29) is 17.7 Å². The van der Waals surface area contributed by atoms with E-state index in [0.29, 0.717) is 21.3 Å². The third kappa shape index (κ3) is 4.80. The van der Waals surface area contributed by atoms with E-state index >= 15 is 0 Å². The maximum Gasteiger partial charge on any atom is 0.317 e. The fraction of sp³-hybridized carbons (Fsp3) is 0.579. The average molecular weight is 352 g/mol. The molecule has 0 aromatic heterocycles. The topological polar surface area (TPSA) is 60.4 Å². The Morgan fingerprint density at radius 1 is 1.12 bits per heavy atom. The molecule has 134 valence electrons. The zero-order chi connectivity index (χ0) is 18.3. The number of Topliss-reactive ketones (excluding diaryl/α,β-unsaturated/α-hetero) is 1. The molecule has 0 bridgehead atoms. The van der Waals surface area contributed by atoms with Crippen LogP contribution in [0.4, 0.5) is 0 Å². The standard InChI is InChI=1S/C19H26O3.H3OP/c1-5-22-19(21)17(15-8-6-7-9-15)18(20)16-13(3)10-12(2)11-14(16)4;1-2/h10-11,15,17H,5-9H2,1-4H3;2H3. The zero-order valence-electron chi connectivity index (χ0n) is 15.2. The van der Waals surface area contributed by atoms with Crippen molar-refractivity contribution in [3.8, 4) is 0 Å². The predicted molar refractivity (Wildman–Crippen MR) is 98.9 cm³/mol. The fourth-order valence-corrected chi connectivity index (χ4v) is 3.76. The van der Waals surface area contributed by atoms with Gasteiger partial charge in [0.05, 0.1) is 15.7 Å². The summed E-state index contributed by atoms with van der Waals surface area (Å²) in [6, 6.07) is 4.02. The number of esters is 1. The Balaban J connectivity index is 0.00000139. The molecule has 4 nitrogen and oxygen atoms in total. The van der Waals surface area contributed by atoms with Crippen LogP contribution in [0.1, 0.15) is 59.7 Å². The van der Waals surface area contributed by atoms with Crippen molar-refractivity contribution in [1.29, 1.82) is 0 Å². The third-order valence-electron chi connectivity index (χ3n) is 4.62. The van der Waals surface area contributed by atoms with Gasteiger partial charge in [0, 0.05) is 5.56 Å². The first-order valence-electron chi connectivity index (χ1n) is 8.53. The van der Waals surface area contributed by atoms with Crippen molar-refractivity contribution in [1.82, 2.24) is 0 Å². The summed E-state index contributed by atoms with van der Waals surface area (Å²) in [5.74, 6) is -0.909. The molecule has 0 spiro atoms. The van der Waals surface area contributed by atoms with Crippen LogP contribution in [0.3, 0.4) is 0 Å². The van der Waals surface area contributed by atoms with Crippen LogP contribution in [0.5, 0.6) is 0 Å². The van der Waals surface area contributed by atoms with Gasteiger partial charge in [-0.1, -0.05) is 30.5 Å². The van der Waals surface area contributed by atoms with Gasteiger partial charge in [0.2, 0.25) is 0 Å². The predicted octanol–water partition coefficient (Wildman–Crippen LogP) is 4.10. The summed E-state index contributed by atoms with van der Waals surface area (Å²) < 4.78 is 13.5. The van der Waals surface area contributed by atoms with Crippen molar-refractivity contribution >= 4 is 20.9 Å². The number of ketones is 1. The number of rotatable bonds is 5. The number of hydrogen-bond donors (Lipinski definition) is 0. The van der Waals surface area contributed by atoms with Gasteiger partial charge < -0.3 is 9.30 Å². The smallest absolute Gasteiger partial charge is 0.317 e. The van der Waals surface area contributed by atoms with E-state index in [0.717, 1.165) is 42.4 Å². The molecule has 1 aliphatic carbocycles. The second kappa shape index (κ2) is 9.78. The van der Waals surface area contributed by atoms with E-state index in [9.17, 15) is 9.59 Å². The van der Waals surface area contributed by atoms with Crippen LogP contribution < -0.4 is 0 Å². The number of benzene rings is 1. The van der Waals surface area contributed by atoms with Crippen LogP contribution in [0.25, 0.3) is 0 Å². The molecule has 1 aliphatic rings. The quantitative estimate of drug-likeness (QED) is 0.346. The molecule has 1 saturated carbocycles. The molecule has 5 heteroatoms. The Labute approximate surface area is 146 Å². The van der Waals surface area contributed by atoms with Crippen molar-refractivity contribution < 1.29 is 18.9 Å². The number of carbonyl (C=O) groups is 2. The van der Waals surface area contributed by atoms with Crippen LogP contribution in [-0.2, 0) is 14.1 Å². The second-order valence-corrected chi connectivity index (χ2v) is 6.41. The van der Waals surface area contributed by atoms with E-state index in [1.807, 2.05) is 32.9 Å². The molecule has 2 unspecified atom stereocenters. The lowest BCUT2D eigenvalue weighted by Crippen LogP contribution is -2.33. The van der Waals surface area contributed by atoms with Gasteiger partial charge in [-0.25, -0.2) is 0 Å². The van der Waals surface area contributed by atoms with E-state index < -0.39 is 5.92 Å². The largest absolute Gasteiger partial charge is 0.465 e. The van der Waals surface area contributed by atoms with E-state index in [1.165, 1.54) is 0 Å². The lowest BCUT2D eigenvalue weighted by atomic mass is 9.82. The van der Waals surface area contributed by atoms with Crippen molar-refractivity contribution in [2.24, 2.45) is 11.8 Å². The zero-order valence-corrected chi connectivity index (χ0v) is 16.6. The number of ether oxygens (including phenoxy) is 1. The minimum Gasteiger partial charge on any atom is -0.465 e.